The van der Waals surface area contributed by atoms with Crippen molar-refractivity contribution in [3.63, 3.8) is 0 Å². The van der Waals surface area contributed by atoms with E-state index in [-0.39, 0.29) is 5.56 Å². The number of piperidine rings is 1. The molecule has 1 N–H and O–H groups in total. The molecule has 0 saturated carbocycles. The summed E-state index contributed by atoms with van der Waals surface area (Å²) in [6, 6.07) is 3.57. The maximum atomic E-state index is 12.1. The second-order valence-electron chi connectivity index (χ2n) is 4.64. The normalized spacial score (nSPS) is 19.4. The van der Waals surface area contributed by atoms with Crippen LogP contribution in [0.3, 0.4) is 0 Å². The van der Waals surface area contributed by atoms with E-state index >= 15 is 0 Å². The molecule has 98 valence electrons. The predicted octanol–water partition coefficient (Wildman–Crippen LogP) is 1.41. The molecule has 0 aliphatic carbocycles. The molecule has 1 aromatic heterocycles. The molecule has 2 heterocycles. The maximum absolute atomic E-state index is 12.1. The number of pyridine rings is 1. The number of nitrogens with one attached hydrogen (secondary N) is 1. The number of rotatable bonds is 5. The van der Waals surface area contributed by atoms with E-state index in [0.29, 0.717) is 18.3 Å². The van der Waals surface area contributed by atoms with Crippen LogP contribution in [0, 0.1) is 5.92 Å². The van der Waals surface area contributed by atoms with Gasteiger partial charge in [0.15, 0.2) is 5.75 Å². The standard InChI is InChI=1S/C14H20N2O2/c1-2-9-18-13-6-4-8-16(14(13)17)11-12-5-3-7-15-10-12/h2,4,6,8,12,15H,1,3,5,7,9-11H2. The Hall–Kier alpha value is -1.55. The third kappa shape index (κ3) is 3.23. The number of hydrogen-bond donors (Lipinski definition) is 1. The van der Waals surface area contributed by atoms with Crippen molar-refractivity contribution in [1.82, 2.24) is 9.88 Å². The van der Waals surface area contributed by atoms with E-state index in [1.165, 1.54) is 12.8 Å². The lowest BCUT2D eigenvalue weighted by atomic mass is 10.00. The van der Waals surface area contributed by atoms with Crippen LogP contribution < -0.4 is 15.6 Å². The van der Waals surface area contributed by atoms with Crippen molar-refractivity contribution in [2.75, 3.05) is 19.7 Å². The topological polar surface area (TPSA) is 43.3 Å². The van der Waals surface area contributed by atoms with Crippen molar-refractivity contribution < 1.29 is 4.74 Å². The molecule has 1 atom stereocenters. The third-order valence-corrected chi connectivity index (χ3v) is 3.20. The lowest BCUT2D eigenvalue weighted by Crippen LogP contribution is -2.34. The fourth-order valence-electron chi connectivity index (χ4n) is 2.28. The summed E-state index contributed by atoms with van der Waals surface area (Å²) in [4.78, 5) is 12.1. The number of ether oxygens (including phenoxy) is 1. The van der Waals surface area contributed by atoms with Crippen LogP contribution in [0.2, 0.25) is 0 Å². The van der Waals surface area contributed by atoms with Gasteiger partial charge in [0.25, 0.3) is 5.56 Å². The molecular formula is C14H20N2O2. The molecule has 0 bridgehead atoms. The molecule has 2 rings (SSSR count). The number of aromatic nitrogens is 1. The first kappa shape index (κ1) is 12.9. The van der Waals surface area contributed by atoms with E-state index in [9.17, 15) is 4.79 Å². The van der Waals surface area contributed by atoms with Crippen molar-refractivity contribution in [2.45, 2.75) is 19.4 Å². The highest BCUT2D eigenvalue weighted by atomic mass is 16.5. The van der Waals surface area contributed by atoms with E-state index in [1.807, 2.05) is 12.3 Å². The van der Waals surface area contributed by atoms with Gasteiger partial charge in [0.1, 0.15) is 6.61 Å². The average Bonchev–Trinajstić information content (AvgIpc) is 2.41. The first-order chi connectivity index (χ1) is 8.81. The quantitative estimate of drug-likeness (QED) is 0.801. The van der Waals surface area contributed by atoms with Crippen LogP contribution in [0.1, 0.15) is 12.8 Å². The molecule has 1 saturated heterocycles. The van der Waals surface area contributed by atoms with E-state index in [1.54, 1.807) is 16.7 Å². The predicted molar refractivity (Wildman–Crippen MR) is 72.0 cm³/mol. The van der Waals surface area contributed by atoms with Crippen LogP contribution in [0.5, 0.6) is 5.75 Å². The van der Waals surface area contributed by atoms with E-state index < -0.39 is 0 Å². The lowest BCUT2D eigenvalue weighted by Gasteiger charge is -2.23. The molecule has 1 aromatic rings. The summed E-state index contributed by atoms with van der Waals surface area (Å²) in [5.41, 5.74) is -0.0510. The van der Waals surface area contributed by atoms with Crippen molar-refractivity contribution in [3.05, 3.63) is 41.3 Å². The molecule has 4 heteroatoms. The van der Waals surface area contributed by atoms with Gasteiger partial charge >= 0.3 is 0 Å². The number of nitrogens with zero attached hydrogens (tertiary/aromatic N) is 1. The molecule has 1 aliphatic rings. The Morgan fingerprint density at radius 3 is 3.22 bits per heavy atom. The molecule has 1 aliphatic heterocycles. The third-order valence-electron chi connectivity index (χ3n) is 3.20. The molecule has 1 fully saturated rings. The number of hydrogen-bond acceptors (Lipinski definition) is 3. The Bertz CT molecular complexity index is 447. The molecule has 0 spiro atoms. The van der Waals surface area contributed by atoms with Gasteiger partial charge in [0.2, 0.25) is 0 Å². The summed E-state index contributed by atoms with van der Waals surface area (Å²) in [6.07, 6.45) is 5.84. The molecule has 0 amide bonds. The minimum atomic E-state index is -0.0510. The van der Waals surface area contributed by atoms with Gasteiger partial charge in [-0.05, 0) is 44.0 Å². The largest absolute Gasteiger partial charge is 0.484 e. The van der Waals surface area contributed by atoms with Gasteiger partial charge in [-0.2, -0.15) is 0 Å². The van der Waals surface area contributed by atoms with Gasteiger partial charge < -0.3 is 14.6 Å². The highest BCUT2D eigenvalue weighted by molar-refractivity contribution is 5.17. The van der Waals surface area contributed by atoms with Crippen molar-refractivity contribution in [2.24, 2.45) is 5.92 Å². The van der Waals surface area contributed by atoms with Crippen molar-refractivity contribution >= 4 is 0 Å². The van der Waals surface area contributed by atoms with Crippen molar-refractivity contribution in [1.29, 1.82) is 0 Å². The Labute approximate surface area is 107 Å². The Kier molecular flexibility index (Phi) is 4.59. The van der Waals surface area contributed by atoms with Crippen LogP contribution >= 0.6 is 0 Å². The highest BCUT2D eigenvalue weighted by Crippen LogP contribution is 2.12. The lowest BCUT2D eigenvalue weighted by molar-refractivity contribution is 0.322. The minimum Gasteiger partial charge on any atom is -0.484 e. The van der Waals surface area contributed by atoms with E-state index in [2.05, 4.69) is 11.9 Å². The summed E-state index contributed by atoms with van der Waals surface area (Å²) in [5, 5.41) is 3.36. The molecule has 0 radical (unpaired) electrons. The summed E-state index contributed by atoms with van der Waals surface area (Å²) >= 11 is 0. The van der Waals surface area contributed by atoms with Crippen LogP contribution in [-0.2, 0) is 6.54 Å². The average molecular weight is 248 g/mol. The molecule has 0 aromatic carbocycles. The molecule has 4 nitrogen and oxygen atoms in total. The van der Waals surface area contributed by atoms with Gasteiger partial charge in [-0.25, -0.2) is 0 Å². The molecule has 1 unspecified atom stereocenters. The second-order valence-corrected chi connectivity index (χ2v) is 4.64. The Morgan fingerprint density at radius 2 is 2.50 bits per heavy atom. The fourth-order valence-corrected chi connectivity index (χ4v) is 2.28. The second kappa shape index (κ2) is 6.40. The summed E-state index contributed by atoms with van der Waals surface area (Å²) in [7, 11) is 0. The van der Waals surface area contributed by atoms with Crippen LogP contribution in [0.15, 0.2) is 35.8 Å². The van der Waals surface area contributed by atoms with Gasteiger partial charge in [0, 0.05) is 12.7 Å². The highest BCUT2D eigenvalue weighted by Gasteiger charge is 2.14. The van der Waals surface area contributed by atoms with E-state index in [0.717, 1.165) is 19.6 Å². The van der Waals surface area contributed by atoms with E-state index in [4.69, 9.17) is 4.74 Å². The zero-order chi connectivity index (χ0) is 12.8. The zero-order valence-electron chi connectivity index (χ0n) is 10.6. The maximum Gasteiger partial charge on any atom is 0.292 e. The van der Waals surface area contributed by atoms with Gasteiger partial charge in [0.05, 0.1) is 0 Å². The zero-order valence-corrected chi connectivity index (χ0v) is 10.6. The van der Waals surface area contributed by atoms with Crippen LogP contribution in [0.4, 0.5) is 0 Å². The smallest absolute Gasteiger partial charge is 0.292 e. The Balaban J connectivity index is 2.07. The van der Waals surface area contributed by atoms with Gasteiger partial charge in [-0.3, -0.25) is 4.79 Å². The summed E-state index contributed by atoms with van der Waals surface area (Å²) < 4.78 is 7.09. The first-order valence-electron chi connectivity index (χ1n) is 6.45. The van der Waals surface area contributed by atoms with Crippen molar-refractivity contribution in [3.8, 4) is 5.75 Å². The first-order valence-corrected chi connectivity index (χ1v) is 6.45. The monoisotopic (exact) mass is 248 g/mol. The summed E-state index contributed by atoms with van der Waals surface area (Å²) in [5.74, 6) is 0.937. The van der Waals surface area contributed by atoms with Gasteiger partial charge in [-0.15, -0.1) is 0 Å². The fraction of sp³-hybridized carbons (Fsp3) is 0.500. The van der Waals surface area contributed by atoms with Crippen LogP contribution in [0.25, 0.3) is 0 Å². The SMILES string of the molecule is C=CCOc1cccn(CC2CCCNC2)c1=O. The minimum absolute atomic E-state index is 0.0510. The molecular weight excluding hydrogens is 228 g/mol. The molecule has 18 heavy (non-hydrogen) atoms. The van der Waals surface area contributed by atoms with Gasteiger partial charge in [-0.1, -0.05) is 12.7 Å². The Morgan fingerprint density at radius 1 is 1.61 bits per heavy atom. The summed E-state index contributed by atoms with van der Waals surface area (Å²) in [6.45, 7) is 6.79. The van der Waals surface area contributed by atoms with Crippen LogP contribution in [-0.4, -0.2) is 24.3 Å².